The molecule has 0 aliphatic heterocycles. The fraction of sp³-hybridized carbons (Fsp3) is 0. The fourth-order valence-electron chi connectivity index (χ4n) is 0. The molecule has 0 aromatic carbocycles. The second kappa shape index (κ2) is 5.86. The molecule has 0 heterocycles. The van der Waals surface area contributed by atoms with Gasteiger partial charge in [-0.05, 0) is 0 Å². The number of carbonyl (C=O) groups is 1. The molecule has 2 nitrogen and oxygen atoms in total. The number of carbonyl (C=O) groups excluding carboxylic acids is 1. The Morgan fingerprint density at radius 3 is 1.83 bits per heavy atom. The van der Waals surface area contributed by atoms with Gasteiger partial charge in [-0.2, -0.15) is 0 Å². The predicted molar refractivity (Wildman–Crippen MR) is 26.7 cm³/mol. The van der Waals surface area contributed by atoms with Crippen LogP contribution < -0.4 is 0 Å². The van der Waals surface area contributed by atoms with Gasteiger partial charge in [0.25, 0.3) is 0 Å². The Morgan fingerprint density at radius 2 is 1.83 bits per heavy atom. The molecule has 0 N–H and O–H groups in total. The first-order valence-electron chi connectivity index (χ1n) is 0.851. The minimum absolute atomic E-state index is 0. The van der Waals surface area contributed by atoms with Crippen molar-refractivity contribution in [1.82, 2.24) is 0 Å². The van der Waals surface area contributed by atoms with E-state index >= 15 is 0 Å². The minimum atomic E-state index is -0.562. The van der Waals surface area contributed by atoms with Gasteiger partial charge in [0, 0.05) is 21.1 Å². The third kappa shape index (κ3) is 8.85. The molecule has 0 unspecified atom stereocenters. The van der Waals surface area contributed by atoms with E-state index in [0.717, 1.165) is 0 Å². The van der Waals surface area contributed by atoms with Gasteiger partial charge in [0.05, 0.1) is 0 Å². The van der Waals surface area contributed by atoms with Crippen molar-refractivity contribution in [2.75, 3.05) is 0 Å². The normalized spacial score (nSPS) is 5.67. The van der Waals surface area contributed by atoms with Crippen LogP contribution in [0.25, 0.3) is 4.72 Å². The van der Waals surface area contributed by atoms with E-state index < -0.39 is 5.24 Å². The van der Waals surface area contributed by atoms with Gasteiger partial charge in [-0.3, -0.25) is 12.8 Å². The van der Waals surface area contributed by atoms with Gasteiger partial charge in [0.1, 0.15) is 5.24 Å². The second-order valence-corrected chi connectivity index (χ2v) is 0.965. The number of rotatable bonds is 0. The van der Waals surface area contributed by atoms with Crippen LogP contribution >= 0.6 is 25.4 Å². The molecule has 0 saturated heterocycles. The van der Waals surface area contributed by atoms with E-state index in [9.17, 15) is 4.79 Å². The number of hydrogen-bond acceptors (Lipinski definition) is 2. The van der Waals surface area contributed by atoms with Crippen LogP contribution in [0.1, 0.15) is 0 Å². The number of amides is 1. The largest absolute Gasteiger partial charge is 0.594 e. The fourth-order valence-corrected chi connectivity index (χ4v) is 0. The Morgan fingerprint density at radius 1 is 1.67 bits per heavy atom. The zero-order valence-corrected chi connectivity index (χ0v) is 6.45. The average Bonchev–Trinajstić information content (AvgIpc) is 1.38. The zero-order valence-electron chi connectivity index (χ0n) is 2.66. The monoisotopic (exact) mass is 206 g/mol. The molecule has 0 fully saturated rings. The first kappa shape index (κ1) is 9.97. The Balaban J connectivity index is 0. The predicted octanol–water partition coefficient (Wildman–Crippen LogP) is 1.25. The Kier molecular flexibility index (Phi) is 9.74. The van der Waals surface area contributed by atoms with E-state index in [-0.39, 0.29) is 21.1 Å². The van der Waals surface area contributed by atoms with Crippen LogP contribution in [0.3, 0.4) is 0 Å². The summed E-state index contributed by atoms with van der Waals surface area (Å²) in [6.45, 7) is 0. The summed E-state index contributed by atoms with van der Waals surface area (Å²) >= 11 is 6.43. The van der Waals surface area contributed by atoms with Crippen molar-refractivity contribution in [3.05, 3.63) is 4.72 Å². The van der Waals surface area contributed by atoms with Crippen molar-refractivity contribution in [3.8, 4) is 0 Å². The van der Waals surface area contributed by atoms with Gasteiger partial charge >= 0.3 is 0 Å². The Hall–Kier alpha value is 0.858. The SMILES string of the molecule is O=C(S)[N-]S.[Mo]. The van der Waals surface area contributed by atoms with E-state index in [1.165, 1.54) is 0 Å². The van der Waals surface area contributed by atoms with Crippen LogP contribution in [0.4, 0.5) is 4.79 Å². The van der Waals surface area contributed by atoms with Crippen LogP contribution in [0.15, 0.2) is 0 Å². The molecule has 0 aliphatic rings. The summed E-state index contributed by atoms with van der Waals surface area (Å²) in [5, 5.41) is -0.562. The van der Waals surface area contributed by atoms with Gasteiger partial charge in [-0.1, -0.05) is 0 Å². The quantitative estimate of drug-likeness (QED) is 0.451. The number of hydrogen-bond donors (Lipinski definition) is 2. The van der Waals surface area contributed by atoms with Gasteiger partial charge in [0.2, 0.25) is 0 Å². The molecule has 0 atom stereocenters. The minimum Gasteiger partial charge on any atom is -0.594 e. The van der Waals surface area contributed by atoms with Gasteiger partial charge < -0.3 is 9.52 Å². The summed E-state index contributed by atoms with van der Waals surface area (Å²) in [5.41, 5.74) is 0. The van der Waals surface area contributed by atoms with Crippen molar-refractivity contribution in [2.24, 2.45) is 0 Å². The first-order valence-corrected chi connectivity index (χ1v) is 1.70. The summed E-state index contributed by atoms with van der Waals surface area (Å²) in [4.78, 5) is 9.43. The average molecular weight is 204 g/mol. The molecule has 36 valence electrons. The maximum Gasteiger partial charge on any atom is 0.114 e. The molecule has 0 aliphatic carbocycles. The number of nitrogens with zero attached hydrogens (tertiary/aromatic N) is 1. The van der Waals surface area contributed by atoms with E-state index in [1.807, 2.05) is 0 Å². The molecule has 0 aromatic rings. The molecule has 0 saturated carbocycles. The van der Waals surface area contributed by atoms with Crippen molar-refractivity contribution in [2.45, 2.75) is 0 Å². The van der Waals surface area contributed by atoms with Gasteiger partial charge in [-0.25, -0.2) is 0 Å². The first-order chi connectivity index (χ1) is 2.27. The van der Waals surface area contributed by atoms with Crippen molar-refractivity contribution < 1.29 is 25.9 Å². The van der Waals surface area contributed by atoms with E-state index in [2.05, 4.69) is 30.2 Å². The van der Waals surface area contributed by atoms with Crippen molar-refractivity contribution in [3.63, 3.8) is 0 Å². The molecule has 5 heteroatoms. The van der Waals surface area contributed by atoms with Gasteiger partial charge in [0.15, 0.2) is 0 Å². The van der Waals surface area contributed by atoms with Crippen LogP contribution in [0, 0.1) is 0 Å². The van der Waals surface area contributed by atoms with E-state index in [1.54, 1.807) is 0 Å². The molecule has 0 rings (SSSR count). The van der Waals surface area contributed by atoms with Crippen LogP contribution in [0.2, 0.25) is 0 Å². The molecule has 0 aromatic heterocycles. The summed E-state index contributed by atoms with van der Waals surface area (Å²) in [7, 11) is 0. The summed E-state index contributed by atoms with van der Waals surface area (Å²) in [6.07, 6.45) is 0. The smallest absolute Gasteiger partial charge is 0.114 e. The maximum absolute atomic E-state index is 9.43. The standard InChI is InChI=1S/CH3NOS2.Mo/c3-1(4)2-5;/h(H3,2,3,4,5);/p-1. The molecule has 6 heavy (non-hydrogen) atoms. The van der Waals surface area contributed by atoms with Crippen LogP contribution in [-0.2, 0) is 21.1 Å². The molecule has 0 bridgehead atoms. The second-order valence-electron chi connectivity index (χ2n) is 0.383. The summed E-state index contributed by atoms with van der Waals surface area (Å²) < 4.78 is 2.81. The topological polar surface area (TPSA) is 31.2 Å². The third-order valence-electron chi connectivity index (χ3n) is 0.0855. The molecule has 1 amide bonds. The van der Waals surface area contributed by atoms with Gasteiger partial charge in [-0.15, -0.1) is 12.6 Å². The molecule has 0 spiro atoms. The molecular formula is CH2MoNOS2-. The van der Waals surface area contributed by atoms with Crippen molar-refractivity contribution >= 4 is 30.7 Å². The molecular weight excluding hydrogens is 202 g/mol. The van der Waals surface area contributed by atoms with Crippen LogP contribution in [0.5, 0.6) is 0 Å². The number of thiol groups is 2. The summed E-state index contributed by atoms with van der Waals surface area (Å²) in [5.74, 6) is 0. The van der Waals surface area contributed by atoms with Crippen LogP contribution in [-0.4, -0.2) is 5.24 Å². The van der Waals surface area contributed by atoms with Crippen molar-refractivity contribution in [1.29, 1.82) is 0 Å². The molecule has 0 radical (unpaired) electrons. The zero-order chi connectivity index (χ0) is 4.28. The van der Waals surface area contributed by atoms with E-state index in [4.69, 9.17) is 0 Å². The third-order valence-corrected chi connectivity index (χ3v) is 0.525. The maximum atomic E-state index is 9.43. The Bertz CT molecular complexity index is 48.8. The van der Waals surface area contributed by atoms with E-state index in [0.29, 0.717) is 0 Å². The summed E-state index contributed by atoms with van der Waals surface area (Å²) in [6, 6.07) is 0. The Labute approximate surface area is 61.3 Å².